The maximum atomic E-state index is 10.2. The van der Waals surface area contributed by atoms with Gasteiger partial charge in [-0.1, -0.05) is 0 Å². The van der Waals surface area contributed by atoms with Crippen molar-refractivity contribution in [1.82, 2.24) is 9.36 Å². The summed E-state index contributed by atoms with van der Waals surface area (Å²) >= 11 is 1.01. The Labute approximate surface area is 44.2 Å². The molecule has 0 aliphatic rings. The molecule has 0 aliphatic carbocycles. The molecule has 38 valence electrons. The van der Waals surface area contributed by atoms with Crippen molar-refractivity contribution in [1.29, 1.82) is 0 Å². The number of hydrogen-bond donors (Lipinski definition) is 1. The van der Waals surface area contributed by atoms with E-state index in [1.54, 1.807) is 6.92 Å². The first-order valence-electron chi connectivity index (χ1n) is 1.81. The van der Waals surface area contributed by atoms with Gasteiger partial charge in [0.1, 0.15) is 5.82 Å². The van der Waals surface area contributed by atoms with Crippen LogP contribution < -0.4 is 4.87 Å². The highest BCUT2D eigenvalue weighted by Crippen LogP contribution is 1.79. The van der Waals surface area contributed by atoms with Crippen molar-refractivity contribution in [3.8, 4) is 0 Å². The Morgan fingerprint density at radius 3 is 2.71 bits per heavy atom. The Kier molecular flexibility index (Phi) is 0.941. The Balaban J connectivity index is 3.30. The van der Waals surface area contributed by atoms with E-state index in [0.717, 1.165) is 11.5 Å². The largest absolute Gasteiger partial charge is 0.343 e. The molecule has 0 atom stereocenters. The normalized spacial score (nSPS) is 9.29. The van der Waals surface area contributed by atoms with Gasteiger partial charge >= 0.3 is 4.87 Å². The summed E-state index contributed by atoms with van der Waals surface area (Å²) in [4.78, 5) is 13.5. The molecule has 1 N–H and O–H groups in total. The van der Waals surface area contributed by atoms with Crippen LogP contribution in [0.15, 0.2) is 4.79 Å². The van der Waals surface area contributed by atoms with Gasteiger partial charge in [-0.25, -0.2) is 0 Å². The van der Waals surface area contributed by atoms with Crippen LogP contribution in [0.1, 0.15) is 5.82 Å². The second-order valence-corrected chi connectivity index (χ2v) is 1.92. The zero-order valence-corrected chi connectivity index (χ0v) is 4.58. The molecule has 0 saturated carbocycles. The third-order valence-electron chi connectivity index (χ3n) is 0.545. The summed E-state index contributed by atoms with van der Waals surface area (Å²) in [5, 5.41) is 0. The van der Waals surface area contributed by atoms with Gasteiger partial charge in [-0.3, -0.25) is 9.17 Å². The van der Waals surface area contributed by atoms with Gasteiger partial charge in [0.05, 0.1) is 0 Å². The Bertz CT molecular complexity index is 201. The lowest BCUT2D eigenvalue weighted by Crippen LogP contribution is -1.90. The number of aryl methyl sites for hydroxylation is 1. The molecule has 0 bridgehead atoms. The molecule has 0 radical (unpaired) electrons. The second-order valence-electron chi connectivity index (χ2n) is 1.17. The molecule has 4 heteroatoms. The molecule has 0 saturated heterocycles. The number of aromatic amines is 1. The van der Waals surface area contributed by atoms with E-state index in [1.807, 2.05) is 0 Å². The van der Waals surface area contributed by atoms with E-state index in [0.29, 0.717) is 5.82 Å². The monoisotopic (exact) mass is 116 g/mol. The van der Waals surface area contributed by atoms with E-state index in [1.165, 1.54) is 0 Å². The van der Waals surface area contributed by atoms with Crippen LogP contribution in [0.5, 0.6) is 0 Å². The van der Waals surface area contributed by atoms with E-state index in [-0.39, 0.29) is 4.87 Å². The molecule has 0 unspecified atom stereocenters. The molecule has 0 amide bonds. The van der Waals surface area contributed by atoms with Crippen LogP contribution in [0.2, 0.25) is 0 Å². The molecule has 0 aromatic carbocycles. The Morgan fingerprint density at radius 1 is 1.86 bits per heavy atom. The first kappa shape index (κ1) is 4.52. The summed E-state index contributed by atoms with van der Waals surface area (Å²) in [6.45, 7) is 1.75. The summed E-state index contributed by atoms with van der Waals surface area (Å²) in [5.41, 5.74) is 0. The maximum Gasteiger partial charge on any atom is 0.343 e. The first-order chi connectivity index (χ1) is 3.29. The van der Waals surface area contributed by atoms with E-state index in [2.05, 4.69) is 9.36 Å². The smallest absolute Gasteiger partial charge is 0.295 e. The van der Waals surface area contributed by atoms with Crippen LogP contribution in [0.25, 0.3) is 0 Å². The van der Waals surface area contributed by atoms with Crippen LogP contribution in [0.3, 0.4) is 0 Å². The van der Waals surface area contributed by atoms with Crippen LogP contribution in [-0.4, -0.2) is 9.36 Å². The maximum absolute atomic E-state index is 10.2. The fourth-order valence-corrected chi connectivity index (χ4v) is 0.763. The molecular formula is C3H4N2OS. The van der Waals surface area contributed by atoms with Crippen LogP contribution in [-0.2, 0) is 0 Å². The fourth-order valence-electron chi connectivity index (χ4n) is 0.300. The highest BCUT2D eigenvalue weighted by molar-refractivity contribution is 7.02. The molecule has 3 nitrogen and oxygen atoms in total. The summed E-state index contributed by atoms with van der Waals surface area (Å²) < 4.78 is 2.69. The zero-order chi connectivity index (χ0) is 5.28. The molecule has 1 aromatic heterocycles. The van der Waals surface area contributed by atoms with Crippen molar-refractivity contribution in [2.24, 2.45) is 0 Å². The van der Waals surface area contributed by atoms with Crippen molar-refractivity contribution < 1.29 is 0 Å². The Hall–Kier alpha value is -0.640. The predicted molar refractivity (Wildman–Crippen MR) is 27.5 cm³/mol. The standard InChI is InChI=1S/C3H4N2OS/c1-2-4-3(6)7-5-2/h1H3,(H,4,5,6). The lowest BCUT2D eigenvalue weighted by Gasteiger charge is -1.66. The van der Waals surface area contributed by atoms with Gasteiger partial charge in [0.2, 0.25) is 0 Å². The molecule has 1 rings (SSSR count). The topological polar surface area (TPSA) is 45.8 Å². The van der Waals surface area contributed by atoms with Crippen LogP contribution in [0, 0.1) is 6.92 Å². The third-order valence-corrected chi connectivity index (χ3v) is 1.21. The predicted octanol–water partition coefficient (Wildman–Crippen LogP) is 0.140. The number of H-pyrrole nitrogens is 1. The van der Waals surface area contributed by atoms with E-state index >= 15 is 0 Å². The first-order valence-corrected chi connectivity index (χ1v) is 2.63. The summed E-state index contributed by atoms with van der Waals surface area (Å²) in [5.74, 6) is 0.690. The SMILES string of the molecule is Cc1nc(=O)s[nH]1. The second kappa shape index (κ2) is 1.46. The van der Waals surface area contributed by atoms with Crippen molar-refractivity contribution >= 4 is 11.5 Å². The average Bonchev–Trinajstić information content (AvgIpc) is 1.87. The molecule has 0 spiro atoms. The molecule has 1 heterocycles. The number of nitrogens with zero attached hydrogens (tertiary/aromatic N) is 1. The lowest BCUT2D eigenvalue weighted by molar-refractivity contribution is 1.14. The molecular weight excluding hydrogens is 112 g/mol. The van der Waals surface area contributed by atoms with Crippen LogP contribution >= 0.6 is 11.5 Å². The van der Waals surface area contributed by atoms with E-state index in [4.69, 9.17) is 0 Å². The van der Waals surface area contributed by atoms with Crippen LogP contribution in [0.4, 0.5) is 0 Å². The third kappa shape index (κ3) is 0.866. The molecule has 0 aliphatic heterocycles. The highest BCUT2D eigenvalue weighted by atomic mass is 32.1. The van der Waals surface area contributed by atoms with Crippen molar-refractivity contribution in [2.75, 3.05) is 0 Å². The summed E-state index contributed by atoms with van der Waals surface area (Å²) in [6.07, 6.45) is 0. The van der Waals surface area contributed by atoms with Gasteiger partial charge in [0, 0.05) is 11.5 Å². The van der Waals surface area contributed by atoms with Crippen molar-refractivity contribution in [2.45, 2.75) is 6.92 Å². The quantitative estimate of drug-likeness (QED) is 0.524. The minimum atomic E-state index is -0.155. The van der Waals surface area contributed by atoms with Gasteiger partial charge in [-0.15, -0.1) is 0 Å². The Morgan fingerprint density at radius 2 is 2.57 bits per heavy atom. The van der Waals surface area contributed by atoms with Gasteiger partial charge in [0.15, 0.2) is 0 Å². The van der Waals surface area contributed by atoms with Gasteiger partial charge < -0.3 is 0 Å². The van der Waals surface area contributed by atoms with Crippen molar-refractivity contribution in [3.05, 3.63) is 15.5 Å². The van der Waals surface area contributed by atoms with E-state index in [9.17, 15) is 4.79 Å². The number of aromatic nitrogens is 2. The summed E-state index contributed by atoms with van der Waals surface area (Å²) in [6, 6.07) is 0. The molecule has 0 fully saturated rings. The van der Waals surface area contributed by atoms with Gasteiger partial charge in [-0.2, -0.15) is 4.98 Å². The fraction of sp³-hybridized carbons (Fsp3) is 0.333. The van der Waals surface area contributed by atoms with Gasteiger partial charge in [0.25, 0.3) is 0 Å². The zero-order valence-electron chi connectivity index (χ0n) is 3.76. The average molecular weight is 116 g/mol. The number of hydrogen-bond acceptors (Lipinski definition) is 3. The summed E-state index contributed by atoms with van der Waals surface area (Å²) in [7, 11) is 0. The molecule has 7 heavy (non-hydrogen) atoms. The minimum Gasteiger partial charge on any atom is -0.295 e. The highest BCUT2D eigenvalue weighted by Gasteiger charge is 1.85. The van der Waals surface area contributed by atoms with Gasteiger partial charge in [-0.05, 0) is 6.92 Å². The van der Waals surface area contributed by atoms with Crippen molar-refractivity contribution in [3.63, 3.8) is 0 Å². The minimum absolute atomic E-state index is 0.155. The number of rotatable bonds is 0. The number of nitrogens with one attached hydrogen (secondary N) is 1. The van der Waals surface area contributed by atoms with E-state index < -0.39 is 0 Å². The lowest BCUT2D eigenvalue weighted by atomic mass is 10.8. The molecule has 1 aromatic rings.